The van der Waals surface area contributed by atoms with Gasteiger partial charge in [-0.25, -0.2) is 4.39 Å². The maximum absolute atomic E-state index is 13.1. The highest BCUT2D eigenvalue weighted by molar-refractivity contribution is 9.10. The number of hydrogen-bond acceptors (Lipinski definition) is 2. The zero-order valence-corrected chi connectivity index (χ0v) is 12.4. The summed E-state index contributed by atoms with van der Waals surface area (Å²) in [5, 5.41) is 2.79. The van der Waals surface area contributed by atoms with E-state index in [-0.39, 0.29) is 11.7 Å². The number of fused-ring (bicyclic) bond motifs is 1. The average molecular weight is 340 g/mol. The zero-order chi connectivity index (χ0) is 13.4. The van der Waals surface area contributed by atoms with Crippen LogP contribution in [0.15, 0.2) is 28.7 Å². The van der Waals surface area contributed by atoms with Gasteiger partial charge >= 0.3 is 0 Å². The van der Waals surface area contributed by atoms with Gasteiger partial charge in [-0.3, -0.25) is 4.79 Å². The lowest BCUT2D eigenvalue weighted by Gasteiger charge is -2.04. The molecule has 0 atom stereocenters. The van der Waals surface area contributed by atoms with E-state index in [0.29, 0.717) is 10.2 Å². The van der Waals surface area contributed by atoms with Crippen LogP contribution in [0, 0.1) is 5.82 Å². The molecule has 1 aliphatic carbocycles. The average Bonchev–Trinajstić information content (AvgIpc) is 2.94. The van der Waals surface area contributed by atoms with Crippen LogP contribution >= 0.6 is 27.3 Å². The van der Waals surface area contributed by atoms with E-state index in [1.54, 1.807) is 23.5 Å². The van der Waals surface area contributed by atoms with Crippen LogP contribution in [-0.2, 0) is 12.8 Å². The monoisotopic (exact) mass is 339 g/mol. The highest BCUT2D eigenvalue weighted by Crippen LogP contribution is 2.31. The Labute approximate surface area is 122 Å². The highest BCUT2D eigenvalue weighted by atomic mass is 79.9. The van der Waals surface area contributed by atoms with Gasteiger partial charge in [-0.1, -0.05) is 0 Å². The number of aryl methyl sites for hydroxylation is 2. The third-order valence-electron chi connectivity index (χ3n) is 3.15. The molecular formula is C14H11BrFNOS. The number of rotatable bonds is 2. The van der Waals surface area contributed by atoms with Crippen LogP contribution in [0.2, 0.25) is 0 Å². The zero-order valence-electron chi connectivity index (χ0n) is 10.0. The molecule has 1 N–H and O–H groups in total. The van der Waals surface area contributed by atoms with Crippen molar-refractivity contribution in [2.24, 2.45) is 0 Å². The first-order chi connectivity index (χ1) is 9.13. The Balaban J connectivity index is 1.78. The maximum Gasteiger partial charge on any atom is 0.265 e. The van der Waals surface area contributed by atoms with Gasteiger partial charge in [0.15, 0.2) is 0 Å². The SMILES string of the molecule is O=C(Nc1ccc(F)c(Br)c1)c1cc2c(s1)CCC2. The molecule has 0 bridgehead atoms. The molecule has 3 rings (SSSR count). The summed E-state index contributed by atoms with van der Waals surface area (Å²) in [5.41, 5.74) is 1.89. The standard InChI is InChI=1S/C14H11BrFNOS/c15-10-7-9(4-5-11(10)16)17-14(18)13-6-8-2-1-3-12(8)19-13/h4-7H,1-3H2,(H,17,18). The topological polar surface area (TPSA) is 29.1 Å². The minimum atomic E-state index is -0.340. The predicted octanol–water partition coefficient (Wildman–Crippen LogP) is 4.39. The lowest BCUT2D eigenvalue weighted by Crippen LogP contribution is -2.10. The van der Waals surface area contributed by atoms with E-state index in [4.69, 9.17) is 0 Å². The van der Waals surface area contributed by atoms with E-state index >= 15 is 0 Å². The lowest BCUT2D eigenvalue weighted by atomic mass is 10.2. The van der Waals surface area contributed by atoms with Crippen molar-refractivity contribution in [2.75, 3.05) is 5.32 Å². The van der Waals surface area contributed by atoms with Gasteiger partial charge in [0.25, 0.3) is 5.91 Å². The van der Waals surface area contributed by atoms with E-state index in [2.05, 4.69) is 21.2 Å². The van der Waals surface area contributed by atoms with Gasteiger partial charge in [0, 0.05) is 10.6 Å². The number of halogens is 2. The summed E-state index contributed by atoms with van der Waals surface area (Å²) in [6, 6.07) is 6.42. The number of carbonyl (C=O) groups excluding carboxylic acids is 1. The molecular weight excluding hydrogens is 329 g/mol. The molecule has 1 amide bonds. The fraction of sp³-hybridized carbons (Fsp3) is 0.214. The summed E-state index contributed by atoms with van der Waals surface area (Å²) in [6.07, 6.45) is 3.34. The van der Waals surface area contributed by atoms with Crippen molar-refractivity contribution in [1.29, 1.82) is 0 Å². The number of thiophene rings is 1. The Morgan fingerprint density at radius 3 is 2.89 bits per heavy atom. The van der Waals surface area contributed by atoms with Gasteiger partial charge < -0.3 is 5.32 Å². The summed E-state index contributed by atoms with van der Waals surface area (Å²) in [7, 11) is 0. The van der Waals surface area contributed by atoms with Gasteiger partial charge in [0.2, 0.25) is 0 Å². The Hall–Kier alpha value is -1.20. The minimum Gasteiger partial charge on any atom is -0.321 e. The molecule has 0 radical (unpaired) electrons. The molecule has 1 heterocycles. The molecule has 0 aliphatic heterocycles. The van der Waals surface area contributed by atoms with E-state index in [9.17, 15) is 9.18 Å². The first-order valence-corrected chi connectivity index (χ1v) is 7.62. The predicted molar refractivity (Wildman–Crippen MR) is 78.4 cm³/mol. The fourth-order valence-corrected chi connectivity index (χ4v) is 3.74. The maximum atomic E-state index is 13.1. The molecule has 2 aromatic rings. The first-order valence-electron chi connectivity index (χ1n) is 6.01. The first kappa shape index (κ1) is 12.8. The molecule has 1 aromatic heterocycles. The summed E-state index contributed by atoms with van der Waals surface area (Å²) in [6.45, 7) is 0. The van der Waals surface area contributed by atoms with Crippen molar-refractivity contribution in [1.82, 2.24) is 0 Å². The Morgan fingerprint density at radius 1 is 1.32 bits per heavy atom. The number of hydrogen-bond donors (Lipinski definition) is 1. The van der Waals surface area contributed by atoms with E-state index in [1.807, 2.05) is 6.07 Å². The van der Waals surface area contributed by atoms with Crippen molar-refractivity contribution in [2.45, 2.75) is 19.3 Å². The summed E-state index contributed by atoms with van der Waals surface area (Å²) < 4.78 is 13.5. The van der Waals surface area contributed by atoms with E-state index in [1.165, 1.54) is 22.9 Å². The third-order valence-corrected chi connectivity index (χ3v) is 4.99. The van der Waals surface area contributed by atoms with Gasteiger partial charge in [-0.2, -0.15) is 0 Å². The Bertz CT molecular complexity index is 631. The van der Waals surface area contributed by atoms with Crippen LogP contribution in [0.5, 0.6) is 0 Å². The Morgan fingerprint density at radius 2 is 2.16 bits per heavy atom. The molecule has 1 aliphatic rings. The quantitative estimate of drug-likeness (QED) is 0.863. The smallest absolute Gasteiger partial charge is 0.265 e. The second kappa shape index (κ2) is 5.06. The summed E-state index contributed by atoms with van der Waals surface area (Å²) in [5.74, 6) is -0.467. The molecule has 2 nitrogen and oxygen atoms in total. The molecule has 1 aromatic carbocycles. The van der Waals surface area contributed by atoms with Crippen molar-refractivity contribution in [3.63, 3.8) is 0 Å². The van der Waals surface area contributed by atoms with E-state index in [0.717, 1.165) is 17.7 Å². The summed E-state index contributed by atoms with van der Waals surface area (Å²) in [4.78, 5) is 14.2. The molecule has 5 heteroatoms. The van der Waals surface area contributed by atoms with Crippen molar-refractivity contribution in [3.8, 4) is 0 Å². The minimum absolute atomic E-state index is 0.127. The largest absolute Gasteiger partial charge is 0.321 e. The van der Waals surface area contributed by atoms with Gasteiger partial charge in [0.1, 0.15) is 5.82 Å². The summed E-state index contributed by atoms with van der Waals surface area (Å²) >= 11 is 4.66. The molecule has 0 unspecified atom stereocenters. The number of benzene rings is 1. The third kappa shape index (κ3) is 2.58. The van der Waals surface area contributed by atoms with Gasteiger partial charge in [0.05, 0.1) is 9.35 Å². The van der Waals surface area contributed by atoms with Gasteiger partial charge in [-0.15, -0.1) is 11.3 Å². The second-order valence-electron chi connectivity index (χ2n) is 4.50. The van der Waals surface area contributed by atoms with Crippen molar-refractivity contribution in [3.05, 3.63) is 49.9 Å². The van der Waals surface area contributed by atoms with Crippen LogP contribution in [-0.4, -0.2) is 5.91 Å². The molecule has 0 fully saturated rings. The van der Waals surface area contributed by atoms with Crippen LogP contribution in [0.4, 0.5) is 10.1 Å². The Kier molecular flexibility index (Phi) is 3.41. The number of nitrogens with one attached hydrogen (secondary N) is 1. The van der Waals surface area contributed by atoms with E-state index < -0.39 is 0 Å². The lowest BCUT2D eigenvalue weighted by molar-refractivity contribution is 0.103. The molecule has 98 valence electrons. The number of carbonyl (C=O) groups is 1. The molecule has 0 saturated carbocycles. The van der Waals surface area contributed by atoms with Gasteiger partial charge in [-0.05, 0) is 65.0 Å². The van der Waals surface area contributed by atoms with Crippen LogP contribution < -0.4 is 5.32 Å². The molecule has 19 heavy (non-hydrogen) atoms. The highest BCUT2D eigenvalue weighted by Gasteiger charge is 2.18. The van der Waals surface area contributed by atoms with Crippen LogP contribution in [0.3, 0.4) is 0 Å². The van der Waals surface area contributed by atoms with Crippen molar-refractivity contribution >= 4 is 38.9 Å². The van der Waals surface area contributed by atoms with Crippen LogP contribution in [0.25, 0.3) is 0 Å². The van der Waals surface area contributed by atoms with Crippen molar-refractivity contribution < 1.29 is 9.18 Å². The fourth-order valence-electron chi connectivity index (χ4n) is 2.21. The van der Waals surface area contributed by atoms with Crippen LogP contribution in [0.1, 0.15) is 26.5 Å². The molecule has 0 spiro atoms. The number of amides is 1. The normalized spacial score (nSPS) is 13.4. The second-order valence-corrected chi connectivity index (χ2v) is 6.49. The molecule has 0 saturated heterocycles. The number of anilines is 1.